The number of methoxy groups -OCH3 is 1. The summed E-state index contributed by atoms with van der Waals surface area (Å²) in [7, 11) is 1.56. The number of hydrogen-bond acceptors (Lipinski definition) is 3. The minimum atomic E-state index is -0.568. The molecule has 1 saturated heterocycles. The Morgan fingerprint density at radius 2 is 1.75 bits per heavy atom. The standard InChI is InChI=1S/C19H28N2O3/c1-4-20(5-2)18(22)16-11-13-21(14-12-16)19(23)17(24-3)15-9-7-6-8-10-15/h6-10,16-17H,4-5,11-14H2,1-3H3. The summed E-state index contributed by atoms with van der Waals surface area (Å²) in [5.74, 6) is 0.238. The molecule has 2 amide bonds. The van der Waals surface area contributed by atoms with E-state index in [1.165, 1.54) is 0 Å². The van der Waals surface area contributed by atoms with Gasteiger partial charge in [0, 0.05) is 39.2 Å². The van der Waals surface area contributed by atoms with Crippen LogP contribution in [0.2, 0.25) is 0 Å². The maximum absolute atomic E-state index is 12.8. The lowest BCUT2D eigenvalue weighted by atomic mass is 9.94. The largest absolute Gasteiger partial charge is 0.367 e. The van der Waals surface area contributed by atoms with Crippen molar-refractivity contribution in [2.24, 2.45) is 5.92 Å². The molecule has 1 aromatic carbocycles. The third-order valence-corrected chi connectivity index (χ3v) is 4.79. The van der Waals surface area contributed by atoms with E-state index in [1.807, 2.05) is 54.0 Å². The lowest BCUT2D eigenvalue weighted by Crippen LogP contribution is -2.45. The number of ether oxygens (including phenoxy) is 1. The van der Waals surface area contributed by atoms with Crippen LogP contribution < -0.4 is 0 Å². The molecular formula is C19H28N2O3. The number of rotatable bonds is 6. The monoisotopic (exact) mass is 332 g/mol. The van der Waals surface area contributed by atoms with Crippen molar-refractivity contribution in [3.63, 3.8) is 0 Å². The molecule has 24 heavy (non-hydrogen) atoms. The van der Waals surface area contributed by atoms with Crippen LogP contribution in [-0.4, -0.2) is 54.9 Å². The van der Waals surface area contributed by atoms with E-state index in [2.05, 4.69) is 0 Å². The molecular weight excluding hydrogens is 304 g/mol. The highest BCUT2D eigenvalue weighted by Crippen LogP contribution is 2.25. The molecule has 2 rings (SSSR count). The first-order valence-electron chi connectivity index (χ1n) is 8.77. The zero-order valence-corrected chi connectivity index (χ0v) is 14.9. The molecule has 1 fully saturated rings. The second-order valence-electron chi connectivity index (χ2n) is 6.14. The van der Waals surface area contributed by atoms with Crippen LogP contribution in [0.3, 0.4) is 0 Å². The van der Waals surface area contributed by atoms with E-state index >= 15 is 0 Å². The molecule has 132 valence electrons. The zero-order valence-electron chi connectivity index (χ0n) is 14.9. The van der Waals surface area contributed by atoms with Crippen molar-refractivity contribution >= 4 is 11.8 Å². The maximum atomic E-state index is 12.8. The molecule has 0 spiro atoms. The van der Waals surface area contributed by atoms with Gasteiger partial charge in [0.1, 0.15) is 0 Å². The molecule has 1 aliphatic heterocycles. The number of piperidine rings is 1. The normalized spacial score (nSPS) is 16.7. The Morgan fingerprint density at radius 3 is 2.25 bits per heavy atom. The minimum absolute atomic E-state index is 0.0163. The Balaban J connectivity index is 1.96. The second-order valence-corrected chi connectivity index (χ2v) is 6.14. The van der Waals surface area contributed by atoms with Crippen LogP contribution in [0.15, 0.2) is 30.3 Å². The third-order valence-electron chi connectivity index (χ3n) is 4.79. The number of likely N-dealkylation sites (tertiary alicyclic amines) is 1. The summed E-state index contributed by atoms with van der Waals surface area (Å²) < 4.78 is 5.43. The highest BCUT2D eigenvalue weighted by atomic mass is 16.5. The minimum Gasteiger partial charge on any atom is -0.367 e. The fraction of sp³-hybridized carbons (Fsp3) is 0.579. The molecule has 0 bridgehead atoms. The Labute approximate surface area is 144 Å². The highest BCUT2D eigenvalue weighted by molar-refractivity contribution is 5.83. The van der Waals surface area contributed by atoms with Gasteiger partial charge in [-0.3, -0.25) is 9.59 Å². The van der Waals surface area contributed by atoms with Gasteiger partial charge in [0.05, 0.1) is 0 Å². The number of nitrogens with zero attached hydrogens (tertiary/aromatic N) is 2. The van der Waals surface area contributed by atoms with E-state index in [-0.39, 0.29) is 17.7 Å². The predicted octanol–water partition coefficient (Wildman–Crippen LogP) is 2.48. The molecule has 0 aliphatic carbocycles. The zero-order chi connectivity index (χ0) is 17.5. The van der Waals surface area contributed by atoms with Gasteiger partial charge >= 0.3 is 0 Å². The molecule has 5 nitrogen and oxygen atoms in total. The Morgan fingerprint density at radius 1 is 1.17 bits per heavy atom. The van der Waals surface area contributed by atoms with Crippen molar-refractivity contribution in [1.82, 2.24) is 9.80 Å². The van der Waals surface area contributed by atoms with Crippen LogP contribution in [0.1, 0.15) is 38.4 Å². The molecule has 5 heteroatoms. The second kappa shape index (κ2) is 8.83. The van der Waals surface area contributed by atoms with Crippen molar-refractivity contribution in [2.45, 2.75) is 32.8 Å². The lowest BCUT2D eigenvalue weighted by Gasteiger charge is -2.35. The third kappa shape index (κ3) is 4.15. The van der Waals surface area contributed by atoms with Gasteiger partial charge in [-0.25, -0.2) is 0 Å². The lowest BCUT2D eigenvalue weighted by molar-refractivity contribution is -0.147. The number of carbonyl (C=O) groups excluding carboxylic acids is 2. The first-order valence-corrected chi connectivity index (χ1v) is 8.77. The summed E-state index contributed by atoms with van der Waals surface area (Å²) in [4.78, 5) is 28.9. The number of carbonyl (C=O) groups is 2. The van der Waals surface area contributed by atoms with Gasteiger partial charge in [-0.2, -0.15) is 0 Å². The van der Waals surface area contributed by atoms with Crippen LogP contribution in [0.5, 0.6) is 0 Å². The Hall–Kier alpha value is -1.88. The smallest absolute Gasteiger partial charge is 0.256 e. The topological polar surface area (TPSA) is 49.9 Å². The quantitative estimate of drug-likeness (QED) is 0.804. The van der Waals surface area contributed by atoms with E-state index in [0.29, 0.717) is 13.1 Å². The number of amides is 2. The Bertz CT molecular complexity index is 535. The van der Waals surface area contributed by atoms with E-state index in [1.54, 1.807) is 7.11 Å². The van der Waals surface area contributed by atoms with Gasteiger partial charge in [-0.05, 0) is 32.3 Å². The van der Waals surface area contributed by atoms with Crippen LogP contribution in [-0.2, 0) is 14.3 Å². The van der Waals surface area contributed by atoms with Crippen molar-refractivity contribution < 1.29 is 14.3 Å². The van der Waals surface area contributed by atoms with Crippen molar-refractivity contribution in [3.8, 4) is 0 Å². The molecule has 0 N–H and O–H groups in total. The maximum Gasteiger partial charge on any atom is 0.256 e. The summed E-state index contributed by atoms with van der Waals surface area (Å²) in [6.45, 7) is 6.72. The van der Waals surface area contributed by atoms with Crippen LogP contribution in [0, 0.1) is 5.92 Å². The average Bonchev–Trinajstić information content (AvgIpc) is 2.64. The summed E-state index contributed by atoms with van der Waals surface area (Å²) >= 11 is 0. The first-order chi connectivity index (χ1) is 11.6. The van der Waals surface area contributed by atoms with E-state index < -0.39 is 6.10 Å². The molecule has 0 aromatic heterocycles. The van der Waals surface area contributed by atoms with Gasteiger partial charge in [0.2, 0.25) is 5.91 Å². The van der Waals surface area contributed by atoms with E-state index in [4.69, 9.17) is 4.74 Å². The summed E-state index contributed by atoms with van der Waals surface area (Å²) in [6.07, 6.45) is 0.889. The molecule has 0 saturated carbocycles. The van der Waals surface area contributed by atoms with Crippen molar-refractivity contribution in [3.05, 3.63) is 35.9 Å². The summed E-state index contributed by atoms with van der Waals surface area (Å²) in [6, 6.07) is 9.55. The highest BCUT2D eigenvalue weighted by Gasteiger charge is 2.32. The summed E-state index contributed by atoms with van der Waals surface area (Å²) in [5, 5.41) is 0. The van der Waals surface area contributed by atoms with E-state index in [0.717, 1.165) is 31.5 Å². The fourth-order valence-corrected chi connectivity index (χ4v) is 3.31. The predicted molar refractivity (Wildman–Crippen MR) is 93.4 cm³/mol. The molecule has 1 aliphatic rings. The van der Waals surface area contributed by atoms with Gasteiger partial charge in [0.15, 0.2) is 6.10 Å². The molecule has 1 atom stereocenters. The molecule has 1 heterocycles. The fourth-order valence-electron chi connectivity index (χ4n) is 3.31. The van der Waals surface area contributed by atoms with Crippen molar-refractivity contribution in [2.75, 3.05) is 33.3 Å². The van der Waals surface area contributed by atoms with Crippen LogP contribution in [0.25, 0.3) is 0 Å². The average molecular weight is 332 g/mol. The number of benzene rings is 1. The SMILES string of the molecule is CCN(CC)C(=O)C1CCN(C(=O)C(OC)c2ccccc2)CC1. The van der Waals surface area contributed by atoms with Gasteiger partial charge < -0.3 is 14.5 Å². The molecule has 0 radical (unpaired) electrons. The van der Waals surface area contributed by atoms with Gasteiger partial charge in [0.25, 0.3) is 5.91 Å². The molecule has 1 unspecified atom stereocenters. The van der Waals surface area contributed by atoms with E-state index in [9.17, 15) is 9.59 Å². The molecule has 1 aromatic rings. The van der Waals surface area contributed by atoms with Crippen molar-refractivity contribution in [1.29, 1.82) is 0 Å². The van der Waals surface area contributed by atoms with Gasteiger partial charge in [-0.1, -0.05) is 30.3 Å². The van der Waals surface area contributed by atoms with Gasteiger partial charge in [-0.15, -0.1) is 0 Å². The summed E-state index contributed by atoms with van der Waals surface area (Å²) in [5.41, 5.74) is 0.867. The Kier molecular flexibility index (Phi) is 6.79. The number of hydrogen-bond donors (Lipinski definition) is 0. The first kappa shape index (κ1) is 18.5. The van der Waals surface area contributed by atoms with Crippen LogP contribution in [0.4, 0.5) is 0 Å². The van der Waals surface area contributed by atoms with Crippen LogP contribution >= 0.6 is 0 Å².